The topological polar surface area (TPSA) is 64.1 Å². The summed E-state index contributed by atoms with van der Waals surface area (Å²) in [5, 5.41) is 3.31. The lowest BCUT2D eigenvalue weighted by Crippen LogP contribution is -2.28. The van der Waals surface area contributed by atoms with E-state index in [0.717, 1.165) is 0 Å². The third-order valence-electron chi connectivity index (χ3n) is 2.11. The number of aromatic nitrogens is 2. The van der Waals surface area contributed by atoms with Gasteiger partial charge in [-0.25, -0.2) is 14.8 Å². The van der Waals surface area contributed by atoms with Crippen molar-refractivity contribution in [3.8, 4) is 0 Å². The Balaban J connectivity index is 2.93. The molecule has 1 rings (SSSR count). The second-order valence-electron chi connectivity index (χ2n) is 3.42. The highest BCUT2D eigenvalue weighted by molar-refractivity contribution is 6.30. The Morgan fingerprint density at radius 3 is 2.62 bits per heavy atom. The number of nitrogens with one attached hydrogen (secondary N) is 1. The van der Waals surface area contributed by atoms with E-state index >= 15 is 0 Å². The minimum Gasteiger partial charge on any atom is -0.467 e. The van der Waals surface area contributed by atoms with Crippen LogP contribution in [0.5, 0.6) is 0 Å². The van der Waals surface area contributed by atoms with E-state index in [1.54, 1.807) is 20.8 Å². The smallest absolute Gasteiger partial charge is 0.328 e. The molecule has 1 unspecified atom stereocenters. The van der Waals surface area contributed by atoms with Gasteiger partial charge in [0.25, 0.3) is 0 Å². The van der Waals surface area contributed by atoms with E-state index in [4.69, 9.17) is 11.6 Å². The van der Waals surface area contributed by atoms with Gasteiger partial charge in [-0.1, -0.05) is 11.6 Å². The molecule has 0 aliphatic heterocycles. The molecule has 6 heteroatoms. The van der Waals surface area contributed by atoms with Crippen molar-refractivity contribution in [2.45, 2.75) is 26.8 Å². The molecule has 1 aromatic heterocycles. The third kappa shape index (κ3) is 2.82. The number of carbonyl (C=O) groups is 1. The van der Waals surface area contributed by atoms with Gasteiger partial charge in [0.2, 0.25) is 0 Å². The largest absolute Gasteiger partial charge is 0.467 e. The van der Waals surface area contributed by atoms with Crippen molar-refractivity contribution < 1.29 is 9.53 Å². The predicted octanol–water partition coefficient (Wildman–Crippen LogP) is 1.72. The zero-order valence-electron chi connectivity index (χ0n) is 9.67. The number of anilines is 1. The van der Waals surface area contributed by atoms with Crippen molar-refractivity contribution in [2.24, 2.45) is 0 Å². The summed E-state index contributed by atoms with van der Waals surface area (Å²) in [6.07, 6.45) is 0. The molecule has 0 radical (unpaired) electrons. The maximum Gasteiger partial charge on any atom is 0.328 e. The average Bonchev–Trinajstić information content (AvgIpc) is 2.23. The van der Waals surface area contributed by atoms with E-state index in [9.17, 15) is 4.79 Å². The fourth-order valence-electron chi connectivity index (χ4n) is 1.18. The number of methoxy groups -OCH3 is 1. The van der Waals surface area contributed by atoms with E-state index < -0.39 is 6.04 Å². The number of ether oxygens (including phenoxy) is 1. The summed E-state index contributed by atoms with van der Waals surface area (Å²) >= 11 is 5.91. The number of hydrogen-bond donors (Lipinski definition) is 1. The molecule has 0 bridgehead atoms. The van der Waals surface area contributed by atoms with E-state index in [1.807, 2.05) is 0 Å². The van der Waals surface area contributed by atoms with Gasteiger partial charge in [0.15, 0.2) is 0 Å². The third-order valence-corrected chi connectivity index (χ3v) is 2.47. The van der Waals surface area contributed by atoms with Crippen molar-refractivity contribution in [3.63, 3.8) is 0 Å². The number of hydrogen-bond acceptors (Lipinski definition) is 5. The van der Waals surface area contributed by atoms with Gasteiger partial charge in [0.1, 0.15) is 22.8 Å². The summed E-state index contributed by atoms with van der Waals surface area (Å²) in [6.45, 7) is 5.21. The molecule has 1 atom stereocenters. The highest BCUT2D eigenvalue weighted by Gasteiger charge is 2.16. The van der Waals surface area contributed by atoms with Crippen LogP contribution in [0.15, 0.2) is 0 Å². The van der Waals surface area contributed by atoms with Crippen LogP contribution in [-0.2, 0) is 9.53 Å². The molecule has 0 spiro atoms. The second-order valence-corrected chi connectivity index (χ2v) is 3.78. The van der Waals surface area contributed by atoms with Gasteiger partial charge in [-0.05, 0) is 20.8 Å². The van der Waals surface area contributed by atoms with E-state index in [1.165, 1.54) is 7.11 Å². The molecule has 16 heavy (non-hydrogen) atoms. The first-order valence-electron chi connectivity index (χ1n) is 4.80. The molecule has 1 heterocycles. The summed E-state index contributed by atoms with van der Waals surface area (Å²) in [5.41, 5.74) is 0.711. The monoisotopic (exact) mass is 243 g/mol. The first-order valence-corrected chi connectivity index (χ1v) is 5.18. The van der Waals surface area contributed by atoms with Crippen LogP contribution in [-0.4, -0.2) is 29.1 Å². The molecule has 0 aliphatic carbocycles. The maximum atomic E-state index is 11.2. The quantitative estimate of drug-likeness (QED) is 0.647. The average molecular weight is 244 g/mol. The minimum absolute atomic E-state index is 0.355. The van der Waals surface area contributed by atoms with Gasteiger partial charge >= 0.3 is 5.97 Å². The van der Waals surface area contributed by atoms with Crippen LogP contribution >= 0.6 is 11.6 Å². The fraction of sp³-hybridized carbons (Fsp3) is 0.500. The van der Waals surface area contributed by atoms with E-state index in [-0.39, 0.29) is 5.97 Å². The zero-order valence-corrected chi connectivity index (χ0v) is 10.4. The highest BCUT2D eigenvalue weighted by atomic mass is 35.5. The Morgan fingerprint density at radius 1 is 1.44 bits per heavy atom. The molecule has 1 aromatic rings. The van der Waals surface area contributed by atoms with Gasteiger partial charge in [0.05, 0.1) is 7.11 Å². The minimum atomic E-state index is -0.478. The van der Waals surface area contributed by atoms with Crippen molar-refractivity contribution in [1.29, 1.82) is 0 Å². The van der Waals surface area contributed by atoms with Crippen LogP contribution in [0.25, 0.3) is 0 Å². The molecule has 0 fully saturated rings. The van der Waals surface area contributed by atoms with Crippen LogP contribution in [0.2, 0.25) is 5.15 Å². The summed E-state index contributed by atoms with van der Waals surface area (Å²) < 4.78 is 4.61. The molecule has 0 aromatic carbocycles. The predicted molar refractivity (Wildman–Crippen MR) is 61.6 cm³/mol. The molecule has 0 amide bonds. The van der Waals surface area contributed by atoms with Gasteiger partial charge in [-0.2, -0.15) is 0 Å². The highest BCUT2D eigenvalue weighted by Crippen LogP contribution is 2.20. The Kier molecular flexibility index (Phi) is 4.06. The van der Waals surface area contributed by atoms with E-state index in [2.05, 4.69) is 20.0 Å². The lowest BCUT2D eigenvalue weighted by Gasteiger charge is -2.14. The summed E-state index contributed by atoms with van der Waals surface area (Å²) in [6, 6.07) is -0.478. The first kappa shape index (κ1) is 12.7. The normalized spacial score (nSPS) is 12.1. The molecule has 0 aliphatic rings. The number of carbonyl (C=O) groups excluding carboxylic acids is 1. The fourth-order valence-corrected chi connectivity index (χ4v) is 1.39. The van der Waals surface area contributed by atoms with Crippen molar-refractivity contribution >= 4 is 23.4 Å². The Hall–Kier alpha value is -1.36. The first-order chi connectivity index (χ1) is 7.45. The van der Waals surface area contributed by atoms with Gasteiger partial charge < -0.3 is 10.1 Å². The van der Waals surface area contributed by atoms with Crippen LogP contribution in [0, 0.1) is 13.8 Å². The van der Waals surface area contributed by atoms with Crippen molar-refractivity contribution in [3.05, 3.63) is 16.5 Å². The lowest BCUT2D eigenvalue weighted by atomic mass is 10.3. The Labute approximate surface area is 99.2 Å². The molecule has 0 saturated heterocycles. The number of halogens is 1. The summed E-state index contributed by atoms with van der Waals surface area (Å²) in [7, 11) is 1.34. The van der Waals surface area contributed by atoms with Crippen LogP contribution < -0.4 is 5.32 Å². The Morgan fingerprint density at radius 2 is 2.06 bits per heavy atom. The molecule has 5 nitrogen and oxygen atoms in total. The lowest BCUT2D eigenvalue weighted by molar-refractivity contribution is -0.141. The van der Waals surface area contributed by atoms with Crippen LogP contribution in [0.3, 0.4) is 0 Å². The van der Waals surface area contributed by atoms with Crippen molar-refractivity contribution in [2.75, 3.05) is 12.4 Å². The number of rotatable bonds is 3. The number of esters is 1. The molecule has 88 valence electrons. The summed E-state index contributed by atoms with van der Waals surface area (Å²) in [5.74, 6) is 0.748. The van der Waals surface area contributed by atoms with Crippen LogP contribution in [0.1, 0.15) is 18.3 Å². The van der Waals surface area contributed by atoms with E-state index in [0.29, 0.717) is 22.4 Å². The van der Waals surface area contributed by atoms with Gasteiger partial charge in [-0.15, -0.1) is 0 Å². The molecule has 1 N–H and O–H groups in total. The standard InChI is InChI=1S/C10H14ClN3O2/c1-5-8(11)13-7(3)14-9(5)12-6(2)10(15)16-4/h6H,1-4H3,(H,12,13,14). The van der Waals surface area contributed by atoms with Crippen molar-refractivity contribution in [1.82, 2.24) is 9.97 Å². The maximum absolute atomic E-state index is 11.2. The Bertz CT molecular complexity index is 409. The SMILES string of the molecule is COC(=O)C(C)Nc1nc(C)nc(Cl)c1C. The molecular weight excluding hydrogens is 230 g/mol. The molecular formula is C10H14ClN3O2. The summed E-state index contributed by atoms with van der Waals surface area (Å²) in [4.78, 5) is 19.4. The number of aryl methyl sites for hydroxylation is 1. The van der Waals surface area contributed by atoms with Gasteiger partial charge in [-0.3, -0.25) is 0 Å². The number of nitrogens with zero attached hydrogens (tertiary/aromatic N) is 2. The zero-order chi connectivity index (χ0) is 12.3. The van der Waals surface area contributed by atoms with Crippen LogP contribution in [0.4, 0.5) is 5.82 Å². The van der Waals surface area contributed by atoms with Gasteiger partial charge in [0, 0.05) is 5.56 Å². The second kappa shape index (κ2) is 5.12. The molecule has 0 saturated carbocycles.